The highest BCUT2D eigenvalue weighted by molar-refractivity contribution is 5.35. The number of hydrogen-bond donors (Lipinski definition) is 1. The number of rotatable bonds is 4. The number of aryl methyl sites for hydroxylation is 2. The average molecular weight is 219 g/mol. The summed E-state index contributed by atoms with van der Waals surface area (Å²) >= 11 is 0. The van der Waals surface area contributed by atoms with Gasteiger partial charge in [0.25, 0.3) is 0 Å². The highest BCUT2D eigenvalue weighted by atomic mass is 16.5. The van der Waals surface area contributed by atoms with Crippen molar-refractivity contribution in [1.29, 1.82) is 0 Å². The minimum absolute atomic E-state index is 0.408. The van der Waals surface area contributed by atoms with E-state index >= 15 is 0 Å². The summed E-state index contributed by atoms with van der Waals surface area (Å²) in [5.74, 6) is 1.05. The Morgan fingerprint density at radius 1 is 1.31 bits per heavy atom. The molecule has 0 bridgehead atoms. The van der Waals surface area contributed by atoms with E-state index in [-0.39, 0.29) is 0 Å². The van der Waals surface area contributed by atoms with Crippen molar-refractivity contribution in [3.63, 3.8) is 0 Å². The lowest BCUT2D eigenvalue weighted by molar-refractivity contribution is 0.0852. The molecule has 2 rings (SSSR count). The van der Waals surface area contributed by atoms with Crippen molar-refractivity contribution in [3.8, 4) is 5.75 Å². The first kappa shape index (κ1) is 11.5. The molecule has 1 aromatic rings. The molecule has 0 heterocycles. The quantitative estimate of drug-likeness (QED) is 0.840. The molecule has 88 valence electrons. The lowest BCUT2D eigenvalue weighted by atomic mass is 9.89. The predicted molar refractivity (Wildman–Crippen MR) is 67.0 cm³/mol. The molecular weight excluding hydrogens is 198 g/mol. The average Bonchev–Trinajstić information content (AvgIpc) is 2.18. The molecule has 0 radical (unpaired) electrons. The molecule has 0 saturated heterocycles. The maximum atomic E-state index is 5.97. The predicted octanol–water partition coefficient (Wildman–Crippen LogP) is 2.82. The summed E-state index contributed by atoms with van der Waals surface area (Å²) in [6, 6.07) is 7.05. The van der Waals surface area contributed by atoms with Crippen LogP contribution in [0.2, 0.25) is 0 Å². The van der Waals surface area contributed by atoms with Crippen LogP contribution < -0.4 is 10.1 Å². The fourth-order valence-electron chi connectivity index (χ4n) is 2.23. The van der Waals surface area contributed by atoms with Gasteiger partial charge in [0, 0.05) is 6.04 Å². The summed E-state index contributed by atoms with van der Waals surface area (Å²) in [5, 5.41) is 3.44. The third kappa shape index (κ3) is 2.56. The topological polar surface area (TPSA) is 21.3 Å². The van der Waals surface area contributed by atoms with Crippen LogP contribution in [0.5, 0.6) is 5.75 Å². The maximum Gasteiger partial charge on any atom is 0.122 e. The van der Waals surface area contributed by atoms with Crippen LogP contribution >= 0.6 is 0 Å². The SMILES string of the molecule is CCNC1CC(Oc2ccc(C)cc2C)C1. The number of hydrogen-bond acceptors (Lipinski definition) is 2. The summed E-state index contributed by atoms with van der Waals surface area (Å²) < 4.78 is 5.97. The summed E-state index contributed by atoms with van der Waals surface area (Å²) in [5.41, 5.74) is 2.54. The van der Waals surface area contributed by atoms with Gasteiger partial charge in [0.1, 0.15) is 11.9 Å². The maximum absolute atomic E-state index is 5.97. The van der Waals surface area contributed by atoms with Gasteiger partial charge in [-0.1, -0.05) is 24.6 Å². The Kier molecular flexibility index (Phi) is 3.49. The second-order valence-corrected chi connectivity index (χ2v) is 4.73. The zero-order chi connectivity index (χ0) is 11.5. The number of benzene rings is 1. The molecule has 1 aliphatic rings. The summed E-state index contributed by atoms with van der Waals surface area (Å²) in [7, 11) is 0. The van der Waals surface area contributed by atoms with Gasteiger partial charge in [0.15, 0.2) is 0 Å². The van der Waals surface area contributed by atoms with Gasteiger partial charge in [-0.2, -0.15) is 0 Å². The van der Waals surface area contributed by atoms with Crippen LogP contribution in [0.3, 0.4) is 0 Å². The van der Waals surface area contributed by atoms with E-state index < -0.39 is 0 Å². The third-order valence-electron chi connectivity index (χ3n) is 3.21. The molecule has 16 heavy (non-hydrogen) atoms. The van der Waals surface area contributed by atoms with Crippen LogP contribution in [0.1, 0.15) is 30.9 Å². The monoisotopic (exact) mass is 219 g/mol. The van der Waals surface area contributed by atoms with Gasteiger partial charge >= 0.3 is 0 Å². The van der Waals surface area contributed by atoms with Crippen molar-refractivity contribution < 1.29 is 4.74 Å². The fraction of sp³-hybridized carbons (Fsp3) is 0.571. The molecule has 0 aromatic heterocycles. The fourth-order valence-corrected chi connectivity index (χ4v) is 2.23. The van der Waals surface area contributed by atoms with Gasteiger partial charge in [-0.15, -0.1) is 0 Å². The van der Waals surface area contributed by atoms with E-state index in [1.165, 1.54) is 11.1 Å². The Hall–Kier alpha value is -1.02. The zero-order valence-corrected chi connectivity index (χ0v) is 10.4. The van der Waals surface area contributed by atoms with Gasteiger partial charge in [-0.3, -0.25) is 0 Å². The normalized spacial score (nSPS) is 23.9. The van der Waals surface area contributed by atoms with Gasteiger partial charge in [0.2, 0.25) is 0 Å². The molecule has 0 aliphatic heterocycles. The molecule has 2 nitrogen and oxygen atoms in total. The Labute approximate surface area is 98.0 Å². The van der Waals surface area contributed by atoms with Gasteiger partial charge in [-0.05, 0) is 44.9 Å². The van der Waals surface area contributed by atoms with Crippen molar-refractivity contribution in [3.05, 3.63) is 29.3 Å². The molecule has 0 amide bonds. The van der Waals surface area contributed by atoms with Crippen LogP contribution in [0, 0.1) is 13.8 Å². The van der Waals surface area contributed by atoms with Crippen molar-refractivity contribution >= 4 is 0 Å². The van der Waals surface area contributed by atoms with Crippen LogP contribution in [0.25, 0.3) is 0 Å². The Morgan fingerprint density at radius 2 is 2.06 bits per heavy atom. The third-order valence-corrected chi connectivity index (χ3v) is 3.21. The van der Waals surface area contributed by atoms with E-state index in [1.54, 1.807) is 0 Å². The van der Waals surface area contributed by atoms with Crippen molar-refractivity contribution in [2.75, 3.05) is 6.54 Å². The van der Waals surface area contributed by atoms with E-state index in [1.807, 2.05) is 0 Å². The van der Waals surface area contributed by atoms with E-state index in [4.69, 9.17) is 4.74 Å². The molecule has 0 unspecified atom stereocenters. The highest BCUT2D eigenvalue weighted by Crippen LogP contribution is 2.28. The first-order chi connectivity index (χ1) is 7.69. The Bertz CT molecular complexity index is 356. The summed E-state index contributed by atoms with van der Waals surface area (Å²) in [4.78, 5) is 0. The Morgan fingerprint density at radius 3 is 2.69 bits per heavy atom. The van der Waals surface area contributed by atoms with Crippen LogP contribution in [0.15, 0.2) is 18.2 Å². The molecular formula is C14H21NO. The number of nitrogens with one attached hydrogen (secondary N) is 1. The first-order valence-electron chi connectivity index (χ1n) is 6.16. The van der Waals surface area contributed by atoms with Crippen LogP contribution in [-0.2, 0) is 0 Å². The lowest BCUT2D eigenvalue weighted by Gasteiger charge is -2.36. The van der Waals surface area contributed by atoms with Crippen molar-refractivity contribution in [2.24, 2.45) is 0 Å². The molecule has 2 heteroatoms. The van der Waals surface area contributed by atoms with E-state index in [0.29, 0.717) is 12.1 Å². The van der Waals surface area contributed by atoms with Gasteiger partial charge in [-0.25, -0.2) is 0 Å². The van der Waals surface area contributed by atoms with Crippen molar-refractivity contribution in [2.45, 2.75) is 45.8 Å². The van der Waals surface area contributed by atoms with E-state index in [0.717, 1.165) is 25.1 Å². The Balaban J connectivity index is 1.87. The standard InChI is InChI=1S/C14H21NO/c1-4-15-12-8-13(9-12)16-14-6-5-10(2)7-11(14)3/h5-7,12-13,15H,4,8-9H2,1-3H3. The second kappa shape index (κ2) is 4.88. The summed E-state index contributed by atoms with van der Waals surface area (Å²) in [6.07, 6.45) is 2.69. The minimum Gasteiger partial charge on any atom is -0.490 e. The molecule has 1 aromatic carbocycles. The zero-order valence-electron chi connectivity index (χ0n) is 10.4. The molecule has 1 fully saturated rings. The van der Waals surface area contributed by atoms with Crippen LogP contribution in [-0.4, -0.2) is 18.7 Å². The minimum atomic E-state index is 0.408. The van der Waals surface area contributed by atoms with E-state index in [2.05, 4.69) is 44.3 Å². The van der Waals surface area contributed by atoms with E-state index in [9.17, 15) is 0 Å². The lowest BCUT2D eigenvalue weighted by Crippen LogP contribution is -2.46. The molecule has 1 N–H and O–H groups in total. The number of ether oxygens (including phenoxy) is 1. The smallest absolute Gasteiger partial charge is 0.122 e. The van der Waals surface area contributed by atoms with Crippen molar-refractivity contribution in [1.82, 2.24) is 5.32 Å². The van der Waals surface area contributed by atoms with Gasteiger partial charge < -0.3 is 10.1 Å². The second-order valence-electron chi connectivity index (χ2n) is 4.73. The largest absolute Gasteiger partial charge is 0.490 e. The molecule has 1 saturated carbocycles. The van der Waals surface area contributed by atoms with Gasteiger partial charge in [0.05, 0.1) is 0 Å². The molecule has 0 atom stereocenters. The highest BCUT2D eigenvalue weighted by Gasteiger charge is 2.30. The van der Waals surface area contributed by atoms with Crippen LogP contribution in [0.4, 0.5) is 0 Å². The molecule has 1 aliphatic carbocycles. The molecule has 0 spiro atoms. The summed E-state index contributed by atoms with van der Waals surface area (Å²) in [6.45, 7) is 7.43. The first-order valence-corrected chi connectivity index (χ1v) is 6.16.